The first-order chi connectivity index (χ1) is 10.7. The highest BCUT2D eigenvalue weighted by molar-refractivity contribution is 5.85. The van der Waals surface area contributed by atoms with Crippen molar-refractivity contribution in [3.05, 3.63) is 29.3 Å². The molecular formula is C19H30N2O2. The lowest BCUT2D eigenvalue weighted by Crippen LogP contribution is -2.52. The van der Waals surface area contributed by atoms with Crippen LogP contribution in [-0.4, -0.2) is 35.5 Å². The number of carbonyl (C=O) groups excluding carboxylic acids is 1. The Labute approximate surface area is 140 Å². The summed E-state index contributed by atoms with van der Waals surface area (Å²) in [5, 5.41) is 0. The van der Waals surface area contributed by atoms with Gasteiger partial charge in [-0.3, -0.25) is 4.79 Å². The second-order valence-corrected chi connectivity index (χ2v) is 7.42. The van der Waals surface area contributed by atoms with Gasteiger partial charge in [-0.2, -0.15) is 0 Å². The van der Waals surface area contributed by atoms with E-state index in [9.17, 15) is 4.79 Å². The van der Waals surface area contributed by atoms with E-state index in [0.29, 0.717) is 5.92 Å². The molecule has 2 N–H and O–H groups in total. The molecule has 0 aromatic heterocycles. The molecule has 4 heteroatoms. The fourth-order valence-electron chi connectivity index (χ4n) is 3.18. The summed E-state index contributed by atoms with van der Waals surface area (Å²) in [5.41, 5.74) is 7.56. The highest BCUT2D eigenvalue weighted by Crippen LogP contribution is 2.27. The Morgan fingerprint density at radius 3 is 2.43 bits per heavy atom. The second kappa shape index (κ2) is 6.91. The quantitative estimate of drug-likeness (QED) is 0.927. The molecule has 0 radical (unpaired) electrons. The van der Waals surface area contributed by atoms with E-state index in [0.717, 1.165) is 31.7 Å². The molecule has 4 nitrogen and oxygen atoms in total. The van der Waals surface area contributed by atoms with Gasteiger partial charge in [0.05, 0.1) is 0 Å². The summed E-state index contributed by atoms with van der Waals surface area (Å²) in [6, 6.07) is 6.30. The zero-order valence-electron chi connectivity index (χ0n) is 15.1. The van der Waals surface area contributed by atoms with Crippen LogP contribution >= 0.6 is 0 Å². The molecule has 1 aromatic rings. The number of aryl methyl sites for hydroxylation is 1. The zero-order chi connectivity index (χ0) is 17.2. The lowest BCUT2D eigenvalue weighted by atomic mass is 9.98. The van der Waals surface area contributed by atoms with Gasteiger partial charge in [0.2, 0.25) is 0 Å². The average molecular weight is 318 g/mol. The fourth-order valence-corrected chi connectivity index (χ4v) is 3.18. The van der Waals surface area contributed by atoms with Crippen LogP contribution in [0.4, 0.5) is 0 Å². The highest BCUT2D eigenvalue weighted by atomic mass is 16.5. The summed E-state index contributed by atoms with van der Waals surface area (Å²) >= 11 is 0. The fraction of sp³-hybridized carbons (Fsp3) is 0.632. The van der Waals surface area contributed by atoms with E-state index in [-0.39, 0.29) is 11.9 Å². The van der Waals surface area contributed by atoms with Crippen LogP contribution < -0.4 is 10.5 Å². The van der Waals surface area contributed by atoms with Gasteiger partial charge >= 0.3 is 0 Å². The standard InChI is InChI=1S/C19H30N2O2/c1-13(2)17-7-6-16(12-14(17)3)23-19(4,5)18(22)21-10-8-15(20)9-11-21/h6-7,12-13,15H,8-11,20H2,1-5H3. The van der Waals surface area contributed by atoms with Gasteiger partial charge in [0.25, 0.3) is 5.91 Å². The Morgan fingerprint density at radius 1 is 1.30 bits per heavy atom. The molecule has 0 bridgehead atoms. The van der Waals surface area contributed by atoms with Crippen molar-refractivity contribution in [2.24, 2.45) is 5.73 Å². The van der Waals surface area contributed by atoms with Gasteiger partial charge in [0.1, 0.15) is 5.75 Å². The number of rotatable bonds is 4. The molecule has 0 atom stereocenters. The van der Waals surface area contributed by atoms with Crippen molar-refractivity contribution < 1.29 is 9.53 Å². The Bertz CT molecular complexity index is 558. The number of piperidine rings is 1. The normalized spacial score (nSPS) is 16.7. The molecule has 0 aliphatic carbocycles. The summed E-state index contributed by atoms with van der Waals surface area (Å²) in [4.78, 5) is 14.6. The van der Waals surface area contributed by atoms with Gasteiger partial charge in [-0.1, -0.05) is 19.9 Å². The Balaban J connectivity index is 2.08. The van der Waals surface area contributed by atoms with Crippen LogP contribution in [-0.2, 0) is 4.79 Å². The van der Waals surface area contributed by atoms with E-state index in [1.54, 1.807) is 0 Å². The van der Waals surface area contributed by atoms with Crippen molar-refractivity contribution >= 4 is 5.91 Å². The maximum atomic E-state index is 12.8. The Hall–Kier alpha value is -1.55. The molecule has 23 heavy (non-hydrogen) atoms. The van der Waals surface area contributed by atoms with Crippen molar-refractivity contribution in [2.45, 2.75) is 65.0 Å². The van der Waals surface area contributed by atoms with Crippen LogP contribution in [0, 0.1) is 6.92 Å². The number of hydrogen-bond acceptors (Lipinski definition) is 3. The van der Waals surface area contributed by atoms with Crippen molar-refractivity contribution in [3.63, 3.8) is 0 Å². The number of benzene rings is 1. The number of amides is 1. The average Bonchev–Trinajstić information content (AvgIpc) is 2.46. The van der Waals surface area contributed by atoms with E-state index in [4.69, 9.17) is 10.5 Å². The first-order valence-corrected chi connectivity index (χ1v) is 8.55. The van der Waals surface area contributed by atoms with Gasteiger partial charge in [-0.15, -0.1) is 0 Å². The molecule has 1 amide bonds. The predicted molar refractivity (Wildman–Crippen MR) is 93.8 cm³/mol. The van der Waals surface area contributed by atoms with Crippen molar-refractivity contribution in [2.75, 3.05) is 13.1 Å². The van der Waals surface area contributed by atoms with Crippen molar-refractivity contribution in [1.82, 2.24) is 4.90 Å². The molecule has 1 aliphatic heterocycles. The third-order valence-electron chi connectivity index (χ3n) is 4.58. The molecule has 1 fully saturated rings. The van der Waals surface area contributed by atoms with Crippen LogP contribution in [0.2, 0.25) is 0 Å². The molecule has 1 aliphatic rings. The van der Waals surface area contributed by atoms with Gasteiger partial charge in [0.15, 0.2) is 5.60 Å². The molecule has 0 unspecified atom stereocenters. The largest absolute Gasteiger partial charge is 0.478 e. The van der Waals surface area contributed by atoms with Gasteiger partial charge in [-0.05, 0) is 62.8 Å². The van der Waals surface area contributed by atoms with Crippen LogP contribution in [0.1, 0.15) is 57.6 Å². The molecular weight excluding hydrogens is 288 g/mol. The molecule has 2 rings (SSSR count). The topological polar surface area (TPSA) is 55.6 Å². The summed E-state index contributed by atoms with van der Waals surface area (Å²) in [6.45, 7) is 11.6. The first kappa shape index (κ1) is 17.8. The number of nitrogens with two attached hydrogens (primary N) is 1. The molecule has 1 saturated heterocycles. The van der Waals surface area contributed by atoms with E-state index in [1.165, 1.54) is 11.1 Å². The third-order valence-corrected chi connectivity index (χ3v) is 4.58. The van der Waals surface area contributed by atoms with E-state index >= 15 is 0 Å². The highest BCUT2D eigenvalue weighted by Gasteiger charge is 2.35. The van der Waals surface area contributed by atoms with Crippen LogP contribution in [0.15, 0.2) is 18.2 Å². The number of hydrogen-bond donors (Lipinski definition) is 1. The zero-order valence-corrected chi connectivity index (χ0v) is 15.1. The van der Waals surface area contributed by atoms with Gasteiger partial charge < -0.3 is 15.4 Å². The Kier molecular flexibility index (Phi) is 5.35. The number of nitrogens with zero attached hydrogens (tertiary/aromatic N) is 1. The summed E-state index contributed by atoms with van der Waals surface area (Å²) in [7, 11) is 0. The predicted octanol–water partition coefficient (Wildman–Crippen LogP) is 3.23. The lowest BCUT2D eigenvalue weighted by Gasteiger charge is -2.36. The van der Waals surface area contributed by atoms with Crippen LogP contribution in [0.5, 0.6) is 5.75 Å². The van der Waals surface area contributed by atoms with Gasteiger partial charge in [0, 0.05) is 19.1 Å². The Morgan fingerprint density at radius 2 is 1.91 bits per heavy atom. The van der Waals surface area contributed by atoms with Crippen LogP contribution in [0.3, 0.4) is 0 Å². The summed E-state index contributed by atoms with van der Waals surface area (Å²) in [5.74, 6) is 1.27. The first-order valence-electron chi connectivity index (χ1n) is 8.55. The van der Waals surface area contributed by atoms with E-state index < -0.39 is 5.60 Å². The number of carbonyl (C=O) groups is 1. The smallest absolute Gasteiger partial charge is 0.266 e. The van der Waals surface area contributed by atoms with E-state index in [1.807, 2.05) is 30.9 Å². The number of ether oxygens (including phenoxy) is 1. The van der Waals surface area contributed by atoms with Crippen LogP contribution in [0.25, 0.3) is 0 Å². The second-order valence-electron chi connectivity index (χ2n) is 7.42. The maximum Gasteiger partial charge on any atom is 0.266 e. The SMILES string of the molecule is Cc1cc(OC(C)(C)C(=O)N2CCC(N)CC2)ccc1C(C)C. The monoisotopic (exact) mass is 318 g/mol. The summed E-state index contributed by atoms with van der Waals surface area (Å²) in [6.07, 6.45) is 1.73. The van der Waals surface area contributed by atoms with Crippen molar-refractivity contribution in [1.29, 1.82) is 0 Å². The minimum atomic E-state index is -0.868. The minimum Gasteiger partial charge on any atom is -0.478 e. The van der Waals surface area contributed by atoms with Crippen molar-refractivity contribution in [3.8, 4) is 5.75 Å². The maximum absolute atomic E-state index is 12.8. The molecule has 1 heterocycles. The van der Waals surface area contributed by atoms with Gasteiger partial charge in [-0.25, -0.2) is 0 Å². The molecule has 1 aromatic carbocycles. The third kappa shape index (κ3) is 4.25. The number of likely N-dealkylation sites (tertiary alicyclic amines) is 1. The molecule has 0 spiro atoms. The lowest BCUT2D eigenvalue weighted by molar-refractivity contribution is -0.146. The molecule has 128 valence electrons. The summed E-state index contributed by atoms with van der Waals surface area (Å²) < 4.78 is 6.04. The molecule has 0 saturated carbocycles. The van der Waals surface area contributed by atoms with E-state index in [2.05, 4.69) is 26.8 Å². The minimum absolute atomic E-state index is 0.0370.